The van der Waals surface area contributed by atoms with E-state index in [9.17, 15) is 0 Å². The molecule has 0 aromatic heterocycles. The van der Waals surface area contributed by atoms with E-state index in [1.807, 2.05) is 0 Å². The number of aliphatic hydroxyl groups is 1. The molecule has 0 aliphatic carbocycles. The average Bonchev–Trinajstić information content (AvgIpc) is 1.77. The Morgan fingerprint density at radius 3 is 2.25 bits per heavy atom. The lowest BCUT2D eigenvalue weighted by Crippen LogP contribution is -2.15. The van der Waals surface area contributed by atoms with Crippen molar-refractivity contribution in [2.45, 2.75) is 18.9 Å². The minimum absolute atomic E-state index is 0.0358. The molecule has 1 saturated heterocycles. The predicted octanol–water partition coefficient (Wildman–Crippen LogP) is 1.25. The Morgan fingerprint density at radius 2 is 1.88 bits per heavy atom. The van der Waals surface area contributed by atoms with Crippen LogP contribution in [0.1, 0.15) is 12.8 Å². The highest BCUT2D eigenvalue weighted by Crippen LogP contribution is 2.37. The first kappa shape index (κ1) is 6.51. The Bertz CT molecular complexity index is 56.9. The first-order valence-electron chi connectivity index (χ1n) is 3.15. The van der Waals surface area contributed by atoms with Gasteiger partial charge in [0.25, 0.3) is 0 Å². The summed E-state index contributed by atoms with van der Waals surface area (Å²) >= 11 is 0. The van der Waals surface area contributed by atoms with E-state index in [-0.39, 0.29) is 6.10 Å². The smallest absolute Gasteiger partial charge is 0.0547 e. The molecule has 1 rings (SSSR count). The van der Waals surface area contributed by atoms with Crippen molar-refractivity contribution in [3.05, 3.63) is 0 Å². The normalized spacial score (nSPS) is 39.8. The van der Waals surface area contributed by atoms with Gasteiger partial charge in [-0.25, -0.2) is 0 Å². The largest absolute Gasteiger partial charge is 0.393 e. The average molecular weight is 132 g/mol. The third-order valence-electron chi connectivity index (χ3n) is 1.69. The van der Waals surface area contributed by atoms with E-state index in [2.05, 4.69) is 6.66 Å². The monoisotopic (exact) mass is 132 g/mol. The van der Waals surface area contributed by atoms with Crippen molar-refractivity contribution in [1.29, 1.82) is 0 Å². The van der Waals surface area contributed by atoms with Crippen LogP contribution in [-0.2, 0) is 0 Å². The van der Waals surface area contributed by atoms with Crippen LogP contribution in [0.25, 0.3) is 0 Å². The van der Waals surface area contributed by atoms with E-state index < -0.39 is 0 Å². The number of hydrogen-bond acceptors (Lipinski definition) is 1. The van der Waals surface area contributed by atoms with E-state index in [1.54, 1.807) is 0 Å². The van der Waals surface area contributed by atoms with E-state index in [0.29, 0.717) is 7.92 Å². The van der Waals surface area contributed by atoms with Crippen LogP contribution in [0.5, 0.6) is 0 Å². The second-order valence-electron chi connectivity index (χ2n) is 2.53. The summed E-state index contributed by atoms with van der Waals surface area (Å²) < 4.78 is 0. The zero-order valence-electron chi connectivity index (χ0n) is 5.30. The molecule has 1 aliphatic rings. The molecule has 1 N–H and O–H groups in total. The molecule has 2 heteroatoms. The molecule has 1 nitrogen and oxygen atoms in total. The minimum Gasteiger partial charge on any atom is -0.393 e. The Labute approximate surface area is 51.9 Å². The van der Waals surface area contributed by atoms with Gasteiger partial charge in [0.1, 0.15) is 0 Å². The fourth-order valence-electron chi connectivity index (χ4n) is 0.995. The lowest BCUT2D eigenvalue weighted by molar-refractivity contribution is 0.164. The summed E-state index contributed by atoms with van der Waals surface area (Å²) in [5.41, 5.74) is 0. The van der Waals surface area contributed by atoms with Crippen LogP contribution in [0.4, 0.5) is 0 Å². The Kier molecular flexibility index (Phi) is 2.27. The molecule has 1 heterocycles. The van der Waals surface area contributed by atoms with Gasteiger partial charge in [-0.2, -0.15) is 0 Å². The van der Waals surface area contributed by atoms with Crippen LogP contribution in [0.3, 0.4) is 0 Å². The van der Waals surface area contributed by atoms with Crippen molar-refractivity contribution in [1.82, 2.24) is 0 Å². The van der Waals surface area contributed by atoms with Gasteiger partial charge in [-0.1, -0.05) is 0 Å². The van der Waals surface area contributed by atoms with Crippen molar-refractivity contribution in [2.75, 3.05) is 19.0 Å². The van der Waals surface area contributed by atoms with E-state index in [1.165, 1.54) is 12.3 Å². The summed E-state index contributed by atoms with van der Waals surface area (Å²) in [5, 5.41) is 9.04. The van der Waals surface area contributed by atoms with Gasteiger partial charge in [-0.05, 0) is 31.8 Å². The molecular formula is C6H13OP. The highest BCUT2D eigenvalue weighted by Gasteiger charge is 2.14. The molecule has 8 heavy (non-hydrogen) atoms. The van der Waals surface area contributed by atoms with Gasteiger partial charge in [0.2, 0.25) is 0 Å². The van der Waals surface area contributed by atoms with Crippen LogP contribution >= 0.6 is 7.92 Å². The predicted molar refractivity (Wildman–Crippen MR) is 37.8 cm³/mol. The molecule has 0 unspecified atom stereocenters. The molecule has 0 spiro atoms. The molecule has 0 aromatic carbocycles. The lowest BCUT2D eigenvalue weighted by atomic mass is 10.2. The summed E-state index contributed by atoms with van der Waals surface area (Å²) in [6, 6.07) is 0. The molecule has 0 amide bonds. The molecule has 0 aromatic rings. The van der Waals surface area contributed by atoms with Crippen molar-refractivity contribution in [3.63, 3.8) is 0 Å². The molecule has 1 aliphatic heterocycles. The summed E-state index contributed by atoms with van der Waals surface area (Å²) in [6.07, 6.45) is 4.73. The summed E-state index contributed by atoms with van der Waals surface area (Å²) in [6.45, 7) is 2.32. The van der Waals surface area contributed by atoms with Crippen molar-refractivity contribution in [2.24, 2.45) is 0 Å². The third kappa shape index (κ3) is 1.72. The maximum Gasteiger partial charge on any atom is 0.0547 e. The number of aliphatic hydroxyl groups excluding tert-OH is 1. The van der Waals surface area contributed by atoms with Gasteiger partial charge in [-0.15, -0.1) is 7.92 Å². The second-order valence-corrected chi connectivity index (χ2v) is 5.14. The van der Waals surface area contributed by atoms with Crippen LogP contribution in [-0.4, -0.2) is 30.2 Å². The zero-order valence-corrected chi connectivity index (χ0v) is 6.19. The molecule has 1 fully saturated rings. The van der Waals surface area contributed by atoms with Gasteiger partial charge < -0.3 is 5.11 Å². The van der Waals surface area contributed by atoms with E-state index >= 15 is 0 Å². The highest BCUT2D eigenvalue weighted by atomic mass is 31.1. The number of hydrogen-bond donors (Lipinski definition) is 1. The molecular weight excluding hydrogens is 119 g/mol. The molecule has 0 atom stereocenters. The summed E-state index contributed by atoms with van der Waals surface area (Å²) in [7, 11) is 0.322. The Balaban J connectivity index is 2.19. The fraction of sp³-hybridized carbons (Fsp3) is 1.00. The Morgan fingerprint density at radius 1 is 1.38 bits per heavy atom. The maximum atomic E-state index is 9.04. The maximum absolute atomic E-state index is 9.04. The SMILES string of the molecule is CP1CCC(O)CC1. The molecule has 0 bridgehead atoms. The van der Waals surface area contributed by atoms with Gasteiger partial charge >= 0.3 is 0 Å². The topological polar surface area (TPSA) is 20.2 Å². The quantitative estimate of drug-likeness (QED) is 0.492. The van der Waals surface area contributed by atoms with E-state index in [4.69, 9.17) is 5.11 Å². The summed E-state index contributed by atoms with van der Waals surface area (Å²) in [4.78, 5) is 0. The van der Waals surface area contributed by atoms with Gasteiger partial charge in [-0.3, -0.25) is 0 Å². The van der Waals surface area contributed by atoms with Crippen LogP contribution in [0.2, 0.25) is 0 Å². The molecule has 0 saturated carbocycles. The summed E-state index contributed by atoms with van der Waals surface area (Å²) in [5.74, 6) is 0. The third-order valence-corrected chi connectivity index (χ3v) is 3.73. The molecule has 0 radical (unpaired) electrons. The minimum atomic E-state index is 0.0358. The Hall–Kier alpha value is 0.390. The van der Waals surface area contributed by atoms with Gasteiger partial charge in [0.15, 0.2) is 0 Å². The highest BCUT2D eigenvalue weighted by molar-refractivity contribution is 7.56. The standard InChI is InChI=1S/C6H13OP/c1-8-4-2-6(7)3-5-8/h6-7H,2-5H2,1H3. The van der Waals surface area contributed by atoms with Gasteiger partial charge in [0.05, 0.1) is 6.10 Å². The second kappa shape index (κ2) is 2.80. The van der Waals surface area contributed by atoms with E-state index in [0.717, 1.165) is 12.8 Å². The molecule has 48 valence electrons. The van der Waals surface area contributed by atoms with Crippen molar-refractivity contribution >= 4 is 7.92 Å². The van der Waals surface area contributed by atoms with Crippen LogP contribution < -0.4 is 0 Å². The van der Waals surface area contributed by atoms with Crippen LogP contribution in [0, 0.1) is 0 Å². The lowest BCUT2D eigenvalue weighted by Gasteiger charge is -2.21. The van der Waals surface area contributed by atoms with Crippen molar-refractivity contribution in [3.8, 4) is 0 Å². The van der Waals surface area contributed by atoms with Gasteiger partial charge in [0, 0.05) is 0 Å². The van der Waals surface area contributed by atoms with Crippen LogP contribution in [0.15, 0.2) is 0 Å². The first-order valence-corrected chi connectivity index (χ1v) is 5.31. The first-order chi connectivity index (χ1) is 3.79. The van der Waals surface area contributed by atoms with Crippen molar-refractivity contribution < 1.29 is 5.11 Å². The number of rotatable bonds is 0. The fourth-order valence-corrected chi connectivity index (χ4v) is 2.70. The zero-order chi connectivity index (χ0) is 5.98.